The van der Waals surface area contributed by atoms with E-state index in [1.807, 2.05) is 24.3 Å². The summed E-state index contributed by atoms with van der Waals surface area (Å²) in [4.78, 5) is 17.3. The molecule has 1 saturated heterocycles. The Morgan fingerprint density at radius 1 is 1.00 bits per heavy atom. The number of aliphatic hydroxyl groups is 1. The van der Waals surface area contributed by atoms with Gasteiger partial charge in [-0.15, -0.1) is 0 Å². The van der Waals surface area contributed by atoms with Crippen molar-refractivity contribution >= 4 is 39.1 Å². The number of hydrogen-bond donors (Lipinski definition) is 2. The van der Waals surface area contributed by atoms with Crippen LogP contribution < -0.4 is 10.2 Å². The van der Waals surface area contributed by atoms with Gasteiger partial charge in [0, 0.05) is 72.0 Å². The van der Waals surface area contributed by atoms with Crippen LogP contribution in [0.4, 0.5) is 11.4 Å². The average molecular weight is 457 g/mol. The van der Waals surface area contributed by atoms with Crippen LogP contribution in [-0.4, -0.2) is 53.2 Å². The second-order valence-electron chi connectivity index (χ2n) is 9.26. The number of aromatic nitrogens is 1. The number of benzene rings is 3. The monoisotopic (exact) mass is 456 g/mol. The van der Waals surface area contributed by atoms with Gasteiger partial charge in [-0.05, 0) is 43.2 Å². The Labute approximate surface area is 200 Å². The zero-order valence-corrected chi connectivity index (χ0v) is 19.9. The minimum Gasteiger partial charge on any atom is -0.392 e. The number of fused-ring (bicyclic) bond motifs is 3. The molecule has 0 saturated carbocycles. The van der Waals surface area contributed by atoms with E-state index in [0.717, 1.165) is 53.8 Å². The number of rotatable bonds is 6. The Bertz CT molecular complexity index is 1320. The summed E-state index contributed by atoms with van der Waals surface area (Å²) in [5.74, 6) is 0.0250. The number of amides is 1. The van der Waals surface area contributed by atoms with E-state index in [1.165, 1.54) is 10.9 Å². The third-order valence-electron chi connectivity index (χ3n) is 7.21. The van der Waals surface area contributed by atoms with Crippen molar-refractivity contribution in [1.82, 2.24) is 9.47 Å². The van der Waals surface area contributed by atoms with Gasteiger partial charge in [-0.2, -0.15) is 0 Å². The highest BCUT2D eigenvalue weighted by atomic mass is 16.3. The molecule has 2 heterocycles. The molecule has 1 amide bonds. The van der Waals surface area contributed by atoms with Crippen molar-refractivity contribution in [2.75, 3.05) is 36.9 Å². The van der Waals surface area contributed by atoms with Gasteiger partial charge in [0.25, 0.3) is 0 Å². The highest BCUT2D eigenvalue weighted by Gasteiger charge is 2.25. The molecule has 5 rings (SSSR count). The molecule has 0 spiro atoms. The SMILES string of the molecule is CN(c1ccccc1CO)C1CCN(CC(=O)Nc2ccc3c(c2)c2ccccc2n3C)CC1. The van der Waals surface area contributed by atoms with Crippen LogP contribution in [0.25, 0.3) is 21.8 Å². The van der Waals surface area contributed by atoms with E-state index in [1.54, 1.807) is 0 Å². The molecule has 1 aliphatic heterocycles. The number of anilines is 2. The summed E-state index contributed by atoms with van der Waals surface area (Å²) in [6, 6.07) is 22.9. The highest BCUT2D eigenvalue weighted by molar-refractivity contribution is 6.09. The van der Waals surface area contributed by atoms with Crippen molar-refractivity contribution < 1.29 is 9.90 Å². The highest BCUT2D eigenvalue weighted by Crippen LogP contribution is 2.30. The first kappa shape index (κ1) is 22.4. The van der Waals surface area contributed by atoms with Gasteiger partial charge in [0.2, 0.25) is 5.91 Å². The molecule has 6 heteroatoms. The molecule has 0 aliphatic carbocycles. The number of nitrogens with zero attached hydrogens (tertiary/aromatic N) is 3. The summed E-state index contributed by atoms with van der Waals surface area (Å²) in [6.45, 7) is 2.21. The molecule has 1 aromatic heterocycles. The second-order valence-corrected chi connectivity index (χ2v) is 9.26. The van der Waals surface area contributed by atoms with Gasteiger partial charge >= 0.3 is 0 Å². The van der Waals surface area contributed by atoms with Crippen molar-refractivity contribution in [2.24, 2.45) is 7.05 Å². The van der Waals surface area contributed by atoms with E-state index in [0.29, 0.717) is 12.6 Å². The molecular weight excluding hydrogens is 424 g/mol. The minimum atomic E-state index is 0.0250. The quantitative estimate of drug-likeness (QED) is 0.453. The Kier molecular flexibility index (Phi) is 6.26. The van der Waals surface area contributed by atoms with E-state index < -0.39 is 0 Å². The Balaban J connectivity index is 1.20. The number of likely N-dealkylation sites (tertiary alicyclic amines) is 1. The number of aliphatic hydroxyl groups excluding tert-OH is 1. The number of aryl methyl sites for hydroxylation is 1. The zero-order chi connectivity index (χ0) is 23.7. The summed E-state index contributed by atoms with van der Waals surface area (Å²) in [7, 11) is 4.18. The molecule has 6 nitrogen and oxygen atoms in total. The van der Waals surface area contributed by atoms with Gasteiger partial charge in [0.1, 0.15) is 0 Å². The maximum atomic E-state index is 12.8. The Morgan fingerprint density at radius 2 is 1.71 bits per heavy atom. The molecule has 176 valence electrons. The molecule has 2 N–H and O–H groups in total. The first-order valence-electron chi connectivity index (χ1n) is 12.0. The normalized spacial score (nSPS) is 15.1. The lowest BCUT2D eigenvalue weighted by Gasteiger charge is -2.38. The third-order valence-corrected chi connectivity index (χ3v) is 7.21. The smallest absolute Gasteiger partial charge is 0.238 e. The molecule has 1 fully saturated rings. The summed E-state index contributed by atoms with van der Waals surface area (Å²) >= 11 is 0. The second kappa shape index (κ2) is 9.49. The number of nitrogens with one attached hydrogen (secondary N) is 1. The van der Waals surface area contributed by atoms with Crippen molar-refractivity contribution in [3.05, 3.63) is 72.3 Å². The van der Waals surface area contributed by atoms with Crippen LogP contribution in [0.2, 0.25) is 0 Å². The van der Waals surface area contributed by atoms with Crippen LogP contribution in [-0.2, 0) is 18.4 Å². The van der Waals surface area contributed by atoms with Crippen LogP contribution in [0.3, 0.4) is 0 Å². The van der Waals surface area contributed by atoms with Crippen LogP contribution in [0.1, 0.15) is 18.4 Å². The molecular formula is C28H32N4O2. The lowest BCUT2D eigenvalue weighted by molar-refractivity contribution is -0.117. The fourth-order valence-electron chi connectivity index (χ4n) is 5.30. The molecule has 1 aliphatic rings. The molecule has 0 atom stereocenters. The van der Waals surface area contributed by atoms with Crippen LogP contribution in [0.5, 0.6) is 0 Å². The number of piperidine rings is 1. The fraction of sp³-hybridized carbons (Fsp3) is 0.321. The summed E-state index contributed by atoms with van der Waals surface area (Å²) < 4.78 is 2.19. The predicted molar refractivity (Wildman–Crippen MR) is 139 cm³/mol. The number of para-hydroxylation sites is 2. The van der Waals surface area contributed by atoms with Crippen LogP contribution >= 0.6 is 0 Å². The average Bonchev–Trinajstić information content (AvgIpc) is 3.15. The lowest BCUT2D eigenvalue weighted by atomic mass is 10.0. The Hall–Kier alpha value is -3.35. The number of hydrogen-bond acceptors (Lipinski definition) is 4. The van der Waals surface area contributed by atoms with E-state index >= 15 is 0 Å². The van der Waals surface area contributed by atoms with Crippen molar-refractivity contribution in [1.29, 1.82) is 0 Å². The van der Waals surface area contributed by atoms with Crippen LogP contribution in [0.15, 0.2) is 66.7 Å². The van der Waals surface area contributed by atoms with Gasteiger partial charge < -0.3 is 19.9 Å². The lowest BCUT2D eigenvalue weighted by Crippen LogP contribution is -2.45. The van der Waals surface area contributed by atoms with Crippen molar-refractivity contribution in [3.8, 4) is 0 Å². The maximum absolute atomic E-state index is 12.8. The molecule has 0 bridgehead atoms. The van der Waals surface area contributed by atoms with Crippen molar-refractivity contribution in [2.45, 2.75) is 25.5 Å². The standard InChI is InChI=1S/C28H32N4O2/c1-30(25-9-5-3-7-20(25)19-33)22-13-15-32(16-14-22)18-28(34)29-21-11-12-27-24(17-21)23-8-4-6-10-26(23)31(27)2/h3-12,17,22,33H,13-16,18-19H2,1-2H3,(H,29,34). The van der Waals surface area contributed by atoms with Crippen LogP contribution in [0, 0.1) is 0 Å². The number of carbonyl (C=O) groups is 1. The first-order valence-corrected chi connectivity index (χ1v) is 12.0. The molecule has 34 heavy (non-hydrogen) atoms. The first-order chi connectivity index (χ1) is 16.5. The molecule has 3 aromatic carbocycles. The summed E-state index contributed by atoms with van der Waals surface area (Å²) in [6.07, 6.45) is 1.98. The molecule has 0 unspecified atom stereocenters. The van der Waals surface area contributed by atoms with Gasteiger partial charge in [-0.25, -0.2) is 0 Å². The molecule has 4 aromatic rings. The maximum Gasteiger partial charge on any atom is 0.238 e. The summed E-state index contributed by atoms with van der Waals surface area (Å²) in [5.41, 5.74) is 5.23. The zero-order valence-electron chi connectivity index (χ0n) is 19.9. The van der Waals surface area contributed by atoms with E-state index in [4.69, 9.17) is 0 Å². The topological polar surface area (TPSA) is 60.7 Å². The molecule has 0 radical (unpaired) electrons. The van der Waals surface area contributed by atoms with Gasteiger partial charge in [0.05, 0.1) is 13.2 Å². The largest absolute Gasteiger partial charge is 0.392 e. The van der Waals surface area contributed by atoms with Crippen molar-refractivity contribution in [3.63, 3.8) is 0 Å². The summed E-state index contributed by atoms with van der Waals surface area (Å²) in [5, 5.41) is 15.1. The number of carbonyl (C=O) groups excluding carboxylic acids is 1. The Morgan fingerprint density at radius 3 is 2.50 bits per heavy atom. The third kappa shape index (κ3) is 4.27. The van der Waals surface area contributed by atoms with E-state index in [2.05, 4.69) is 76.2 Å². The minimum absolute atomic E-state index is 0.0250. The van der Waals surface area contributed by atoms with E-state index in [9.17, 15) is 9.90 Å². The van der Waals surface area contributed by atoms with Gasteiger partial charge in [-0.3, -0.25) is 9.69 Å². The predicted octanol–water partition coefficient (Wildman–Crippen LogP) is 4.36. The fourth-order valence-corrected chi connectivity index (χ4v) is 5.30. The van der Waals surface area contributed by atoms with Gasteiger partial charge in [-0.1, -0.05) is 36.4 Å². The van der Waals surface area contributed by atoms with E-state index in [-0.39, 0.29) is 12.5 Å². The van der Waals surface area contributed by atoms with Gasteiger partial charge in [0.15, 0.2) is 0 Å².